The van der Waals surface area contributed by atoms with Gasteiger partial charge in [0.15, 0.2) is 0 Å². The highest BCUT2D eigenvalue weighted by Crippen LogP contribution is 2.25. The van der Waals surface area contributed by atoms with Crippen LogP contribution in [0.15, 0.2) is 60.1 Å². The molecule has 122 valence electrons. The van der Waals surface area contributed by atoms with Crippen LogP contribution < -0.4 is 4.72 Å². The standard InChI is InChI=1S/C17H16N4O2S/c22-24(23,16-6-4-13-2-1-3-14(13)10-16)20-15-5-7-17(19-11-15)21-9-8-18-12-21/h4-12,20H,1-3H2. The van der Waals surface area contributed by atoms with Crippen LogP contribution in [0.2, 0.25) is 0 Å². The largest absolute Gasteiger partial charge is 0.291 e. The van der Waals surface area contributed by atoms with Crippen LogP contribution in [0.1, 0.15) is 17.5 Å². The summed E-state index contributed by atoms with van der Waals surface area (Å²) in [5.74, 6) is 0.674. The Bertz CT molecular complexity index is 964. The van der Waals surface area contributed by atoms with Crippen molar-refractivity contribution in [3.63, 3.8) is 0 Å². The molecular formula is C17H16N4O2S. The molecule has 0 saturated carbocycles. The number of sulfonamides is 1. The van der Waals surface area contributed by atoms with E-state index in [1.165, 1.54) is 11.8 Å². The predicted octanol–water partition coefficient (Wildman–Crippen LogP) is 2.56. The van der Waals surface area contributed by atoms with Gasteiger partial charge in [0.2, 0.25) is 0 Å². The van der Waals surface area contributed by atoms with E-state index >= 15 is 0 Å². The molecule has 0 atom stereocenters. The first-order valence-corrected chi connectivity index (χ1v) is 9.19. The van der Waals surface area contributed by atoms with Crippen LogP contribution in [0.5, 0.6) is 0 Å². The maximum Gasteiger partial charge on any atom is 0.261 e. The monoisotopic (exact) mass is 340 g/mol. The number of aryl methyl sites for hydroxylation is 2. The highest BCUT2D eigenvalue weighted by atomic mass is 32.2. The fraction of sp³-hybridized carbons (Fsp3) is 0.176. The summed E-state index contributed by atoms with van der Waals surface area (Å²) in [5.41, 5.74) is 2.81. The molecule has 0 aliphatic heterocycles. The van der Waals surface area contributed by atoms with E-state index in [1.807, 2.05) is 6.07 Å². The normalized spacial score (nSPS) is 13.7. The second kappa shape index (κ2) is 5.76. The Balaban J connectivity index is 1.57. The Kier molecular flexibility index (Phi) is 3.57. The minimum atomic E-state index is -3.61. The molecule has 4 rings (SSSR count). The number of benzene rings is 1. The summed E-state index contributed by atoms with van der Waals surface area (Å²) in [6.45, 7) is 0. The maximum absolute atomic E-state index is 12.6. The molecule has 2 heterocycles. The summed E-state index contributed by atoms with van der Waals surface area (Å²) in [6.07, 6.45) is 9.63. The van der Waals surface area contributed by atoms with Crippen molar-refractivity contribution in [1.29, 1.82) is 0 Å². The predicted molar refractivity (Wildman–Crippen MR) is 90.6 cm³/mol. The average molecular weight is 340 g/mol. The topological polar surface area (TPSA) is 76.9 Å². The van der Waals surface area contributed by atoms with Crippen molar-refractivity contribution in [3.05, 3.63) is 66.4 Å². The second-order valence-corrected chi connectivity index (χ2v) is 7.45. The SMILES string of the molecule is O=S(=O)(Nc1ccc(-n2ccnc2)nc1)c1ccc2c(c1)CCC2. The third-order valence-corrected chi connectivity index (χ3v) is 5.53. The molecule has 0 saturated heterocycles. The first-order chi connectivity index (χ1) is 11.6. The molecule has 0 fully saturated rings. The third-order valence-electron chi connectivity index (χ3n) is 4.15. The summed E-state index contributed by atoms with van der Waals surface area (Å²) in [6, 6.07) is 8.78. The number of imidazole rings is 1. The van der Waals surface area contributed by atoms with E-state index in [2.05, 4.69) is 14.7 Å². The molecule has 6 nitrogen and oxygen atoms in total. The molecule has 0 amide bonds. The highest BCUT2D eigenvalue weighted by Gasteiger charge is 2.18. The van der Waals surface area contributed by atoms with E-state index in [0.29, 0.717) is 16.4 Å². The van der Waals surface area contributed by atoms with E-state index in [0.717, 1.165) is 24.8 Å². The Labute approximate surface area is 140 Å². The quantitative estimate of drug-likeness (QED) is 0.792. The van der Waals surface area contributed by atoms with Gasteiger partial charge in [-0.05, 0) is 54.7 Å². The van der Waals surface area contributed by atoms with Crippen LogP contribution in [0, 0.1) is 0 Å². The van der Waals surface area contributed by atoms with Crippen molar-refractivity contribution >= 4 is 15.7 Å². The number of hydrogen-bond acceptors (Lipinski definition) is 4. The van der Waals surface area contributed by atoms with Crippen molar-refractivity contribution in [2.24, 2.45) is 0 Å². The number of anilines is 1. The van der Waals surface area contributed by atoms with Gasteiger partial charge < -0.3 is 0 Å². The number of nitrogens with zero attached hydrogens (tertiary/aromatic N) is 3. The fourth-order valence-corrected chi connectivity index (χ4v) is 4.02. The zero-order valence-corrected chi connectivity index (χ0v) is 13.7. The molecule has 1 N–H and O–H groups in total. The number of pyridine rings is 1. The molecule has 0 radical (unpaired) electrons. The number of aromatic nitrogens is 3. The van der Waals surface area contributed by atoms with Gasteiger partial charge in [0.1, 0.15) is 12.1 Å². The fourth-order valence-electron chi connectivity index (χ4n) is 2.92. The summed E-state index contributed by atoms with van der Waals surface area (Å²) in [5, 5.41) is 0. The molecule has 0 spiro atoms. The Hall–Kier alpha value is -2.67. The molecule has 24 heavy (non-hydrogen) atoms. The van der Waals surface area contributed by atoms with Gasteiger partial charge in [-0.2, -0.15) is 0 Å². The minimum absolute atomic E-state index is 0.293. The van der Waals surface area contributed by atoms with Gasteiger partial charge >= 0.3 is 0 Å². The van der Waals surface area contributed by atoms with Crippen LogP contribution >= 0.6 is 0 Å². The highest BCUT2D eigenvalue weighted by molar-refractivity contribution is 7.92. The molecule has 0 bridgehead atoms. The Morgan fingerprint density at radius 3 is 2.71 bits per heavy atom. The van der Waals surface area contributed by atoms with Gasteiger partial charge in [-0.15, -0.1) is 0 Å². The zero-order chi connectivity index (χ0) is 16.6. The molecule has 3 aromatic rings. The maximum atomic E-state index is 12.6. The van der Waals surface area contributed by atoms with Crippen LogP contribution in [-0.2, 0) is 22.9 Å². The van der Waals surface area contributed by atoms with Gasteiger partial charge in [-0.3, -0.25) is 9.29 Å². The summed E-state index contributed by atoms with van der Waals surface area (Å²) < 4.78 is 29.5. The lowest BCUT2D eigenvalue weighted by Gasteiger charge is -2.10. The van der Waals surface area contributed by atoms with Crippen LogP contribution in [0.3, 0.4) is 0 Å². The van der Waals surface area contributed by atoms with Crippen molar-refractivity contribution < 1.29 is 8.42 Å². The van der Waals surface area contributed by atoms with E-state index < -0.39 is 10.0 Å². The lowest BCUT2D eigenvalue weighted by molar-refractivity contribution is 0.601. The van der Waals surface area contributed by atoms with Crippen molar-refractivity contribution in [2.45, 2.75) is 24.2 Å². The van der Waals surface area contributed by atoms with Gasteiger partial charge in [0.25, 0.3) is 10.0 Å². The Morgan fingerprint density at radius 1 is 1.08 bits per heavy atom. The van der Waals surface area contributed by atoms with Crippen molar-refractivity contribution in [1.82, 2.24) is 14.5 Å². The molecule has 1 aliphatic rings. The van der Waals surface area contributed by atoms with Crippen LogP contribution in [-0.4, -0.2) is 23.0 Å². The number of rotatable bonds is 4. The number of nitrogens with one attached hydrogen (secondary N) is 1. The first kappa shape index (κ1) is 14.9. The first-order valence-electron chi connectivity index (χ1n) is 7.71. The van der Waals surface area contributed by atoms with E-state index in [-0.39, 0.29) is 0 Å². The summed E-state index contributed by atoms with van der Waals surface area (Å²) in [4.78, 5) is 8.51. The molecular weight excluding hydrogens is 324 g/mol. The smallest absolute Gasteiger partial charge is 0.261 e. The number of fused-ring (bicyclic) bond motifs is 1. The zero-order valence-electron chi connectivity index (χ0n) is 12.9. The van der Waals surface area contributed by atoms with Gasteiger partial charge in [-0.25, -0.2) is 18.4 Å². The van der Waals surface area contributed by atoms with E-state index in [1.54, 1.807) is 47.6 Å². The lowest BCUT2D eigenvalue weighted by atomic mass is 10.1. The van der Waals surface area contributed by atoms with Gasteiger partial charge in [0.05, 0.1) is 16.8 Å². The lowest BCUT2D eigenvalue weighted by Crippen LogP contribution is -2.13. The van der Waals surface area contributed by atoms with Crippen molar-refractivity contribution in [3.8, 4) is 5.82 Å². The summed E-state index contributed by atoms with van der Waals surface area (Å²) in [7, 11) is -3.61. The number of hydrogen-bond donors (Lipinski definition) is 1. The van der Waals surface area contributed by atoms with Crippen molar-refractivity contribution in [2.75, 3.05) is 4.72 Å². The van der Waals surface area contributed by atoms with Crippen LogP contribution in [0.25, 0.3) is 5.82 Å². The van der Waals surface area contributed by atoms with Crippen LogP contribution in [0.4, 0.5) is 5.69 Å². The van der Waals surface area contributed by atoms with Gasteiger partial charge in [0, 0.05) is 12.4 Å². The molecule has 1 aromatic carbocycles. The summed E-state index contributed by atoms with van der Waals surface area (Å²) >= 11 is 0. The second-order valence-electron chi connectivity index (χ2n) is 5.76. The molecule has 0 unspecified atom stereocenters. The average Bonchev–Trinajstić information content (AvgIpc) is 3.26. The molecule has 1 aliphatic carbocycles. The van der Waals surface area contributed by atoms with Gasteiger partial charge in [-0.1, -0.05) is 6.07 Å². The Morgan fingerprint density at radius 2 is 1.96 bits per heavy atom. The molecule has 2 aromatic heterocycles. The minimum Gasteiger partial charge on any atom is -0.291 e. The third kappa shape index (κ3) is 2.78. The van der Waals surface area contributed by atoms with E-state index in [9.17, 15) is 8.42 Å². The van der Waals surface area contributed by atoms with E-state index in [4.69, 9.17) is 0 Å². The molecule has 7 heteroatoms.